The number of alkyl halides is 3. The van der Waals surface area contributed by atoms with Crippen molar-refractivity contribution in [3.63, 3.8) is 0 Å². The van der Waals surface area contributed by atoms with Crippen LogP contribution in [0.3, 0.4) is 0 Å². The quantitative estimate of drug-likeness (QED) is 0.771. The number of nitrogens with zero attached hydrogens (tertiary/aromatic N) is 1. The maximum Gasteiger partial charge on any atom is 0.391 e. The molecule has 0 aromatic rings. The van der Waals surface area contributed by atoms with Crippen molar-refractivity contribution in [1.82, 2.24) is 0 Å². The van der Waals surface area contributed by atoms with E-state index in [0.717, 1.165) is 6.92 Å². The van der Waals surface area contributed by atoms with Gasteiger partial charge in [-0.05, 0) is 6.42 Å². The van der Waals surface area contributed by atoms with E-state index in [1.165, 1.54) is 0 Å². The molecule has 2 atom stereocenters. The zero-order valence-corrected chi connectivity index (χ0v) is 7.51. The smallest absolute Gasteiger partial charge is 0.391 e. The molecule has 0 spiro atoms. The van der Waals surface area contributed by atoms with Gasteiger partial charge >= 0.3 is 12.1 Å². The largest absolute Gasteiger partial charge is 0.481 e. The molecule has 0 aliphatic heterocycles. The first-order valence-electron chi connectivity index (χ1n) is 3.95. The molecule has 1 unspecified atom stereocenters. The number of nitriles is 1. The van der Waals surface area contributed by atoms with E-state index in [2.05, 4.69) is 0 Å². The molecule has 0 aliphatic carbocycles. The SMILES string of the molecule is C[C@@H](CC(C#N)CC(=O)O)C(F)(F)F. The minimum absolute atomic E-state index is 0.466. The number of carbonyl (C=O) groups is 1. The van der Waals surface area contributed by atoms with Gasteiger partial charge in [-0.2, -0.15) is 18.4 Å². The Bertz CT molecular complexity index is 244. The molecule has 0 radical (unpaired) electrons. The molecule has 80 valence electrons. The van der Waals surface area contributed by atoms with Crippen LogP contribution in [0, 0.1) is 23.2 Å². The predicted octanol–water partition coefficient (Wildman–Crippen LogP) is 2.19. The van der Waals surface area contributed by atoms with Gasteiger partial charge in [-0.1, -0.05) is 6.92 Å². The molecule has 14 heavy (non-hydrogen) atoms. The van der Waals surface area contributed by atoms with Crippen LogP contribution in [0.25, 0.3) is 0 Å². The Morgan fingerprint density at radius 1 is 1.57 bits per heavy atom. The first kappa shape index (κ1) is 12.8. The van der Waals surface area contributed by atoms with E-state index in [0.29, 0.717) is 0 Å². The molecule has 0 heterocycles. The van der Waals surface area contributed by atoms with Gasteiger partial charge in [-0.15, -0.1) is 0 Å². The summed E-state index contributed by atoms with van der Waals surface area (Å²) in [7, 11) is 0. The van der Waals surface area contributed by atoms with Crippen molar-refractivity contribution in [2.75, 3.05) is 0 Å². The summed E-state index contributed by atoms with van der Waals surface area (Å²) in [5.74, 6) is -3.98. The van der Waals surface area contributed by atoms with E-state index in [-0.39, 0.29) is 0 Å². The molecule has 6 heteroatoms. The molecule has 1 N–H and O–H groups in total. The van der Waals surface area contributed by atoms with Crippen molar-refractivity contribution < 1.29 is 23.1 Å². The molecule has 0 rings (SSSR count). The third kappa shape index (κ3) is 4.70. The average molecular weight is 209 g/mol. The van der Waals surface area contributed by atoms with Crippen LogP contribution in [-0.2, 0) is 4.79 Å². The normalized spacial score (nSPS) is 15.6. The lowest BCUT2D eigenvalue weighted by molar-refractivity contribution is -0.173. The molecule has 0 saturated heterocycles. The van der Waals surface area contributed by atoms with Crippen molar-refractivity contribution in [3.8, 4) is 6.07 Å². The number of hydrogen-bond donors (Lipinski definition) is 1. The molecule has 0 aromatic heterocycles. The first-order chi connectivity index (χ1) is 6.27. The van der Waals surface area contributed by atoms with Gasteiger partial charge in [-0.25, -0.2) is 0 Å². The second-order valence-corrected chi connectivity index (χ2v) is 3.10. The zero-order chi connectivity index (χ0) is 11.4. The summed E-state index contributed by atoms with van der Waals surface area (Å²) in [6.45, 7) is 0.937. The summed E-state index contributed by atoms with van der Waals surface area (Å²) >= 11 is 0. The molecule has 0 saturated carbocycles. The Kier molecular flexibility index (Phi) is 4.41. The molecule has 3 nitrogen and oxygen atoms in total. The molecule has 0 aliphatic rings. The summed E-state index contributed by atoms with van der Waals surface area (Å²) in [5.41, 5.74) is 0. The van der Waals surface area contributed by atoms with Crippen LogP contribution in [0.2, 0.25) is 0 Å². The summed E-state index contributed by atoms with van der Waals surface area (Å²) in [6.07, 6.45) is -5.38. The maximum absolute atomic E-state index is 12.0. The van der Waals surface area contributed by atoms with Crippen molar-refractivity contribution in [1.29, 1.82) is 5.26 Å². The minimum Gasteiger partial charge on any atom is -0.481 e. The Morgan fingerprint density at radius 3 is 2.36 bits per heavy atom. The topological polar surface area (TPSA) is 61.1 Å². The van der Waals surface area contributed by atoms with Gasteiger partial charge in [-0.3, -0.25) is 4.79 Å². The van der Waals surface area contributed by atoms with Gasteiger partial charge in [0.25, 0.3) is 0 Å². The predicted molar refractivity (Wildman–Crippen MR) is 41.2 cm³/mol. The van der Waals surface area contributed by atoms with Crippen LogP contribution in [0.15, 0.2) is 0 Å². The Hall–Kier alpha value is -1.25. The fourth-order valence-corrected chi connectivity index (χ4v) is 0.953. The summed E-state index contributed by atoms with van der Waals surface area (Å²) < 4.78 is 36.1. The van der Waals surface area contributed by atoms with E-state index in [1.54, 1.807) is 6.07 Å². The Morgan fingerprint density at radius 2 is 2.07 bits per heavy atom. The summed E-state index contributed by atoms with van der Waals surface area (Å²) in [4.78, 5) is 10.2. The highest BCUT2D eigenvalue weighted by Crippen LogP contribution is 2.31. The van der Waals surface area contributed by atoms with Crippen LogP contribution in [0.5, 0.6) is 0 Å². The van der Waals surface area contributed by atoms with Crippen molar-refractivity contribution in [2.45, 2.75) is 25.9 Å². The molecular weight excluding hydrogens is 199 g/mol. The second kappa shape index (κ2) is 4.84. The first-order valence-corrected chi connectivity index (χ1v) is 3.95. The maximum atomic E-state index is 12.0. The molecule has 0 amide bonds. The van der Waals surface area contributed by atoms with Crippen molar-refractivity contribution in [3.05, 3.63) is 0 Å². The van der Waals surface area contributed by atoms with E-state index in [4.69, 9.17) is 10.4 Å². The fraction of sp³-hybridized carbons (Fsp3) is 0.750. The highest BCUT2D eigenvalue weighted by molar-refractivity contribution is 5.67. The van der Waals surface area contributed by atoms with Crippen molar-refractivity contribution in [2.24, 2.45) is 11.8 Å². The number of aliphatic carboxylic acids is 1. The Labute approximate surface area is 79.1 Å². The third-order valence-corrected chi connectivity index (χ3v) is 1.80. The van der Waals surface area contributed by atoms with E-state index >= 15 is 0 Å². The van der Waals surface area contributed by atoms with E-state index < -0.39 is 36.8 Å². The monoisotopic (exact) mass is 209 g/mol. The lowest BCUT2D eigenvalue weighted by Crippen LogP contribution is -2.23. The van der Waals surface area contributed by atoms with E-state index in [9.17, 15) is 18.0 Å². The van der Waals surface area contributed by atoms with Gasteiger partial charge < -0.3 is 5.11 Å². The lowest BCUT2D eigenvalue weighted by atomic mass is 9.94. The fourth-order valence-electron chi connectivity index (χ4n) is 0.953. The van der Waals surface area contributed by atoms with Gasteiger partial charge in [0.2, 0.25) is 0 Å². The molecule has 0 fully saturated rings. The number of carboxylic acid groups (broad SMARTS) is 1. The minimum atomic E-state index is -4.37. The number of rotatable bonds is 4. The number of carboxylic acids is 1. The number of hydrogen-bond acceptors (Lipinski definition) is 2. The van der Waals surface area contributed by atoms with Crippen molar-refractivity contribution >= 4 is 5.97 Å². The van der Waals surface area contributed by atoms with E-state index in [1.807, 2.05) is 0 Å². The van der Waals surface area contributed by atoms with Gasteiger partial charge in [0.15, 0.2) is 0 Å². The Balaban J connectivity index is 4.21. The highest BCUT2D eigenvalue weighted by Gasteiger charge is 2.37. The molecule has 0 bridgehead atoms. The average Bonchev–Trinajstić information content (AvgIpc) is 2.00. The van der Waals surface area contributed by atoms with Crippen LogP contribution in [0.4, 0.5) is 13.2 Å². The van der Waals surface area contributed by atoms with Crippen LogP contribution < -0.4 is 0 Å². The van der Waals surface area contributed by atoms with Gasteiger partial charge in [0, 0.05) is 0 Å². The molecular formula is C8H10F3NO2. The lowest BCUT2D eigenvalue weighted by Gasteiger charge is -2.17. The number of halogens is 3. The second-order valence-electron chi connectivity index (χ2n) is 3.10. The summed E-state index contributed by atoms with van der Waals surface area (Å²) in [6, 6.07) is 1.56. The van der Waals surface area contributed by atoms with Gasteiger partial charge in [0.1, 0.15) is 0 Å². The molecule has 0 aromatic carbocycles. The van der Waals surface area contributed by atoms with Crippen LogP contribution in [-0.4, -0.2) is 17.3 Å². The third-order valence-electron chi connectivity index (χ3n) is 1.80. The van der Waals surface area contributed by atoms with Gasteiger partial charge in [0.05, 0.1) is 24.3 Å². The highest BCUT2D eigenvalue weighted by atomic mass is 19.4. The summed E-state index contributed by atoms with van der Waals surface area (Å²) in [5, 5.41) is 16.7. The standard InChI is InChI=1S/C8H10F3NO2/c1-5(8(9,10)11)2-6(4-12)3-7(13)14/h5-6H,2-3H2,1H3,(H,13,14)/t5-,6?/m0/s1. The zero-order valence-electron chi connectivity index (χ0n) is 7.51. The van der Waals surface area contributed by atoms with Crippen LogP contribution in [0.1, 0.15) is 19.8 Å². The van der Waals surface area contributed by atoms with Crippen LogP contribution >= 0.6 is 0 Å².